The first-order valence-electron chi connectivity index (χ1n) is 8.45. The van der Waals surface area contributed by atoms with Gasteiger partial charge in [0.1, 0.15) is 5.75 Å². The fraction of sp³-hybridized carbons (Fsp3) is 0.150. The summed E-state index contributed by atoms with van der Waals surface area (Å²) in [5.74, 6) is 0.408. The number of hydrogen-bond acceptors (Lipinski definition) is 5. The van der Waals surface area contributed by atoms with Gasteiger partial charge in [-0.05, 0) is 36.8 Å². The molecule has 0 fully saturated rings. The molecule has 1 N–H and O–H groups in total. The fourth-order valence-corrected chi connectivity index (χ4v) is 3.54. The van der Waals surface area contributed by atoms with Gasteiger partial charge in [0.25, 0.3) is 11.8 Å². The minimum Gasteiger partial charge on any atom is -0.482 e. The molecule has 0 radical (unpaired) electrons. The molecule has 6 nitrogen and oxygen atoms in total. The number of ether oxygens (including phenoxy) is 1. The molecule has 0 unspecified atom stereocenters. The van der Waals surface area contributed by atoms with E-state index in [0.29, 0.717) is 23.0 Å². The van der Waals surface area contributed by atoms with Crippen molar-refractivity contribution >= 4 is 34.0 Å². The first-order valence-corrected chi connectivity index (χ1v) is 9.33. The molecule has 0 atom stereocenters. The second-order valence-electron chi connectivity index (χ2n) is 6.18. The van der Waals surface area contributed by atoms with Gasteiger partial charge in [-0.1, -0.05) is 24.3 Å². The smallest absolute Gasteiger partial charge is 0.265 e. The van der Waals surface area contributed by atoms with E-state index in [0.717, 1.165) is 16.9 Å². The number of fused-ring (bicyclic) bond motifs is 1. The van der Waals surface area contributed by atoms with Crippen molar-refractivity contribution in [2.45, 2.75) is 13.5 Å². The zero-order valence-corrected chi connectivity index (χ0v) is 15.5. The molecule has 0 saturated carbocycles. The van der Waals surface area contributed by atoms with E-state index in [1.807, 2.05) is 48.7 Å². The topological polar surface area (TPSA) is 71.5 Å². The van der Waals surface area contributed by atoms with Gasteiger partial charge in [0, 0.05) is 10.9 Å². The maximum absolute atomic E-state index is 12.3. The zero-order chi connectivity index (χ0) is 18.8. The molecule has 2 amide bonds. The van der Waals surface area contributed by atoms with Gasteiger partial charge < -0.3 is 9.64 Å². The molecule has 1 aliphatic rings. The minimum absolute atomic E-state index is 0.0325. The Morgan fingerprint density at radius 3 is 2.74 bits per heavy atom. The van der Waals surface area contributed by atoms with Crippen LogP contribution in [0.25, 0.3) is 0 Å². The Morgan fingerprint density at radius 1 is 1.22 bits per heavy atom. The Hall–Kier alpha value is -3.19. The van der Waals surface area contributed by atoms with Crippen LogP contribution in [0.2, 0.25) is 0 Å². The SMILES string of the molecule is Cc1csc(NC(=O)c2ccc(CN3C(=O)COc4ccccc43)cc2)n1. The van der Waals surface area contributed by atoms with Crippen LogP contribution in [0, 0.1) is 6.92 Å². The molecule has 1 aromatic heterocycles. The van der Waals surface area contributed by atoms with Crippen LogP contribution in [0.15, 0.2) is 53.9 Å². The van der Waals surface area contributed by atoms with Crippen LogP contribution in [-0.2, 0) is 11.3 Å². The number of anilines is 2. The Labute approximate surface area is 160 Å². The monoisotopic (exact) mass is 379 g/mol. The molecule has 3 aromatic rings. The van der Waals surface area contributed by atoms with Gasteiger partial charge >= 0.3 is 0 Å². The highest BCUT2D eigenvalue weighted by atomic mass is 32.1. The van der Waals surface area contributed by atoms with Crippen molar-refractivity contribution in [2.24, 2.45) is 0 Å². The molecule has 0 spiro atoms. The highest BCUT2D eigenvalue weighted by Crippen LogP contribution is 2.32. The summed E-state index contributed by atoms with van der Waals surface area (Å²) in [6.07, 6.45) is 0. The molecule has 2 heterocycles. The van der Waals surface area contributed by atoms with Crippen molar-refractivity contribution in [1.29, 1.82) is 0 Å². The molecule has 0 bridgehead atoms. The van der Waals surface area contributed by atoms with E-state index in [1.54, 1.807) is 17.0 Å². The summed E-state index contributed by atoms with van der Waals surface area (Å²) in [4.78, 5) is 30.5. The van der Waals surface area contributed by atoms with Crippen molar-refractivity contribution in [3.8, 4) is 5.75 Å². The van der Waals surface area contributed by atoms with Crippen LogP contribution in [0.5, 0.6) is 5.75 Å². The summed E-state index contributed by atoms with van der Waals surface area (Å²) < 4.78 is 5.46. The number of aryl methyl sites for hydroxylation is 1. The quantitative estimate of drug-likeness (QED) is 0.751. The van der Waals surface area contributed by atoms with Crippen molar-refractivity contribution in [2.75, 3.05) is 16.8 Å². The van der Waals surface area contributed by atoms with Crippen LogP contribution < -0.4 is 15.0 Å². The normalized spacial score (nSPS) is 13.1. The molecular formula is C20H17N3O3S. The molecule has 136 valence electrons. The van der Waals surface area contributed by atoms with Gasteiger partial charge in [0.15, 0.2) is 11.7 Å². The van der Waals surface area contributed by atoms with Gasteiger partial charge in [0.2, 0.25) is 0 Å². The summed E-state index contributed by atoms with van der Waals surface area (Å²) in [7, 11) is 0. The summed E-state index contributed by atoms with van der Waals surface area (Å²) in [5.41, 5.74) is 3.11. The Kier molecular flexibility index (Phi) is 4.60. The van der Waals surface area contributed by atoms with Crippen molar-refractivity contribution in [1.82, 2.24) is 4.98 Å². The van der Waals surface area contributed by atoms with E-state index < -0.39 is 0 Å². The Balaban J connectivity index is 1.48. The van der Waals surface area contributed by atoms with E-state index in [-0.39, 0.29) is 18.4 Å². The van der Waals surface area contributed by atoms with Crippen molar-refractivity contribution in [3.05, 3.63) is 70.7 Å². The third-order valence-corrected chi connectivity index (χ3v) is 5.08. The number of benzene rings is 2. The maximum atomic E-state index is 12.3. The van der Waals surface area contributed by atoms with E-state index in [1.165, 1.54) is 11.3 Å². The number of nitrogens with one attached hydrogen (secondary N) is 1. The lowest BCUT2D eigenvalue weighted by atomic mass is 10.1. The van der Waals surface area contributed by atoms with E-state index in [4.69, 9.17) is 4.74 Å². The Bertz CT molecular complexity index is 998. The zero-order valence-electron chi connectivity index (χ0n) is 14.6. The first kappa shape index (κ1) is 17.2. The second kappa shape index (κ2) is 7.20. The predicted molar refractivity (Wildman–Crippen MR) is 104 cm³/mol. The van der Waals surface area contributed by atoms with Gasteiger partial charge in [-0.2, -0.15) is 0 Å². The molecule has 7 heteroatoms. The van der Waals surface area contributed by atoms with E-state index in [2.05, 4.69) is 10.3 Å². The minimum atomic E-state index is -0.205. The predicted octanol–water partition coefficient (Wildman–Crippen LogP) is 3.63. The van der Waals surface area contributed by atoms with Gasteiger partial charge in [-0.3, -0.25) is 14.9 Å². The molecule has 0 aliphatic carbocycles. The summed E-state index contributed by atoms with van der Waals surface area (Å²) >= 11 is 1.39. The lowest BCUT2D eigenvalue weighted by Gasteiger charge is -2.29. The molecule has 0 saturated heterocycles. The van der Waals surface area contributed by atoms with Crippen molar-refractivity contribution in [3.63, 3.8) is 0 Å². The molecule has 2 aromatic carbocycles. The summed E-state index contributed by atoms with van der Waals surface area (Å²) in [5, 5.41) is 5.25. The second-order valence-corrected chi connectivity index (χ2v) is 7.04. The number of para-hydroxylation sites is 2. The fourth-order valence-electron chi connectivity index (χ4n) is 2.85. The standard InChI is InChI=1S/C20H17N3O3S/c1-13-12-27-20(21-13)22-19(25)15-8-6-14(7-9-15)10-23-16-4-2-3-5-17(16)26-11-18(23)24/h2-9,12H,10-11H2,1H3,(H,21,22,25). The van der Waals surface area contributed by atoms with Gasteiger partial charge in [-0.25, -0.2) is 4.98 Å². The molecule has 4 rings (SSSR count). The highest BCUT2D eigenvalue weighted by Gasteiger charge is 2.25. The van der Waals surface area contributed by atoms with Crippen LogP contribution in [0.4, 0.5) is 10.8 Å². The average Bonchev–Trinajstić information content (AvgIpc) is 3.09. The number of hydrogen-bond donors (Lipinski definition) is 1. The van der Waals surface area contributed by atoms with Crippen LogP contribution in [0.1, 0.15) is 21.6 Å². The van der Waals surface area contributed by atoms with Gasteiger partial charge in [0.05, 0.1) is 17.9 Å². The lowest BCUT2D eigenvalue weighted by Crippen LogP contribution is -2.38. The maximum Gasteiger partial charge on any atom is 0.265 e. The molecular weight excluding hydrogens is 362 g/mol. The highest BCUT2D eigenvalue weighted by molar-refractivity contribution is 7.13. The number of aromatic nitrogens is 1. The number of carbonyl (C=O) groups excluding carboxylic acids is 2. The third kappa shape index (κ3) is 3.68. The Morgan fingerprint density at radius 2 is 2.00 bits per heavy atom. The van der Waals surface area contributed by atoms with Crippen LogP contribution >= 0.6 is 11.3 Å². The summed E-state index contributed by atoms with van der Waals surface area (Å²) in [6.45, 7) is 2.34. The molecule has 1 aliphatic heterocycles. The molecule has 27 heavy (non-hydrogen) atoms. The van der Waals surface area contributed by atoms with Crippen LogP contribution in [-0.4, -0.2) is 23.4 Å². The first-order chi connectivity index (χ1) is 13.1. The van der Waals surface area contributed by atoms with E-state index in [9.17, 15) is 9.59 Å². The number of carbonyl (C=O) groups is 2. The van der Waals surface area contributed by atoms with Crippen LogP contribution in [0.3, 0.4) is 0 Å². The lowest BCUT2D eigenvalue weighted by molar-refractivity contribution is -0.121. The number of rotatable bonds is 4. The summed E-state index contributed by atoms with van der Waals surface area (Å²) in [6, 6.07) is 14.7. The number of amides is 2. The average molecular weight is 379 g/mol. The number of nitrogens with zero attached hydrogens (tertiary/aromatic N) is 2. The third-order valence-electron chi connectivity index (χ3n) is 4.20. The van der Waals surface area contributed by atoms with Crippen molar-refractivity contribution < 1.29 is 14.3 Å². The van der Waals surface area contributed by atoms with E-state index >= 15 is 0 Å². The van der Waals surface area contributed by atoms with Gasteiger partial charge in [-0.15, -0.1) is 11.3 Å². The number of thiazole rings is 1. The largest absolute Gasteiger partial charge is 0.482 e.